The Bertz CT molecular complexity index is 435. The molecule has 0 radical (unpaired) electrons. The monoisotopic (exact) mass is 281 g/mol. The van der Waals surface area contributed by atoms with Crippen molar-refractivity contribution in [2.75, 3.05) is 0 Å². The number of hydrogen-bond acceptors (Lipinski definition) is 3. The highest BCUT2D eigenvalue weighted by atomic mass is 32.1. The van der Waals surface area contributed by atoms with Gasteiger partial charge in [-0.05, 0) is 43.7 Å². The van der Waals surface area contributed by atoms with Gasteiger partial charge in [0, 0.05) is 15.8 Å². The van der Waals surface area contributed by atoms with E-state index in [-0.39, 0.29) is 17.9 Å². The van der Waals surface area contributed by atoms with E-state index in [1.54, 1.807) is 11.3 Å². The van der Waals surface area contributed by atoms with Crippen molar-refractivity contribution in [3.63, 3.8) is 0 Å². The summed E-state index contributed by atoms with van der Waals surface area (Å²) in [5.74, 6) is -0.684. The van der Waals surface area contributed by atoms with E-state index < -0.39 is 5.97 Å². The fourth-order valence-corrected chi connectivity index (χ4v) is 4.17. The molecule has 0 spiro atoms. The number of carboxylic acids is 1. The van der Waals surface area contributed by atoms with Crippen LogP contribution in [-0.4, -0.2) is 11.1 Å². The number of carboxylic acid groups (broad SMARTS) is 1. The van der Waals surface area contributed by atoms with Crippen molar-refractivity contribution in [1.82, 2.24) is 0 Å². The second kappa shape index (κ2) is 6.06. The van der Waals surface area contributed by atoms with Gasteiger partial charge in [-0.1, -0.05) is 19.3 Å². The van der Waals surface area contributed by atoms with Gasteiger partial charge in [-0.25, -0.2) is 0 Å². The van der Waals surface area contributed by atoms with Crippen LogP contribution in [0.2, 0.25) is 0 Å². The van der Waals surface area contributed by atoms with Gasteiger partial charge >= 0.3 is 5.97 Å². The molecule has 0 bridgehead atoms. The third kappa shape index (κ3) is 3.80. The molecule has 19 heavy (non-hydrogen) atoms. The Balaban J connectivity index is 2.08. The lowest BCUT2D eigenvalue weighted by Crippen LogP contribution is -2.31. The molecule has 106 valence electrons. The molecule has 3 N–H and O–H groups in total. The average molecular weight is 281 g/mol. The molecule has 1 saturated carbocycles. The van der Waals surface area contributed by atoms with E-state index in [1.165, 1.54) is 16.2 Å². The van der Waals surface area contributed by atoms with E-state index in [9.17, 15) is 9.90 Å². The fourth-order valence-electron chi connectivity index (χ4n) is 3.30. The third-order valence-electron chi connectivity index (χ3n) is 4.22. The van der Waals surface area contributed by atoms with Crippen LogP contribution in [0, 0.1) is 12.3 Å². The van der Waals surface area contributed by atoms with E-state index in [4.69, 9.17) is 5.73 Å². The van der Waals surface area contributed by atoms with E-state index >= 15 is 0 Å². The Hall–Kier alpha value is -0.870. The Kier molecular flexibility index (Phi) is 4.63. The fraction of sp³-hybridized carbons (Fsp3) is 0.667. The summed E-state index contributed by atoms with van der Waals surface area (Å²) in [4.78, 5) is 13.6. The number of aryl methyl sites for hydroxylation is 1. The lowest BCUT2D eigenvalue weighted by Gasteiger charge is -2.38. The molecule has 0 amide bonds. The maximum absolute atomic E-state index is 11.2. The maximum Gasteiger partial charge on any atom is 0.303 e. The predicted molar refractivity (Wildman–Crippen MR) is 78.4 cm³/mol. The van der Waals surface area contributed by atoms with Gasteiger partial charge in [0.1, 0.15) is 0 Å². The quantitative estimate of drug-likeness (QED) is 0.861. The summed E-state index contributed by atoms with van der Waals surface area (Å²) in [6, 6.07) is 4.16. The van der Waals surface area contributed by atoms with Crippen LogP contribution in [0.25, 0.3) is 0 Å². The van der Waals surface area contributed by atoms with E-state index in [0.717, 1.165) is 32.1 Å². The topological polar surface area (TPSA) is 63.3 Å². The van der Waals surface area contributed by atoms with Gasteiger partial charge in [0.05, 0.1) is 6.42 Å². The second-order valence-electron chi connectivity index (χ2n) is 5.89. The summed E-state index contributed by atoms with van der Waals surface area (Å²) < 4.78 is 0. The minimum atomic E-state index is -0.684. The maximum atomic E-state index is 11.2. The first kappa shape index (κ1) is 14.5. The van der Waals surface area contributed by atoms with Crippen molar-refractivity contribution < 1.29 is 9.90 Å². The molecular weight excluding hydrogens is 258 g/mol. The molecule has 0 aliphatic heterocycles. The van der Waals surface area contributed by atoms with Crippen molar-refractivity contribution in [3.05, 3.63) is 21.9 Å². The van der Waals surface area contributed by atoms with Gasteiger partial charge < -0.3 is 10.8 Å². The molecule has 1 fully saturated rings. The summed E-state index contributed by atoms with van der Waals surface area (Å²) in [6.07, 6.45) is 6.61. The van der Waals surface area contributed by atoms with E-state index in [0.29, 0.717) is 0 Å². The van der Waals surface area contributed by atoms with Gasteiger partial charge in [-0.15, -0.1) is 11.3 Å². The smallest absolute Gasteiger partial charge is 0.303 e. The highest BCUT2D eigenvalue weighted by Crippen LogP contribution is 2.45. The number of thiophene rings is 1. The van der Waals surface area contributed by atoms with Gasteiger partial charge in [0.25, 0.3) is 0 Å². The zero-order valence-electron chi connectivity index (χ0n) is 11.5. The summed E-state index contributed by atoms with van der Waals surface area (Å²) in [5.41, 5.74) is 6.24. The molecule has 1 aromatic rings. The van der Waals surface area contributed by atoms with Crippen LogP contribution in [-0.2, 0) is 4.79 Å². The van der Waals surface area contributed by atoms with Crippen molar-refractivity contribution in [2.45, 2.75) is 57.9 Å². The zero-order valence-corrected chi connectivity index (χ0v) is 12.3. The zero-order chi connectivity index (χ0) is 13.9. The summed E-state index contributed by atoms with van der Waals surface area (Å²) in [7, 11) is 0. The molecule has 1 heterocycles. The number of carbonyl (C=O) groups is 1. The minimum absolute atomic E-state index is 0.0175. The molecule has 2 rings (SSSR count). The molecule has 1 unspecified atom stereocenters. The Morgan fingerprint density at radius 1 is 1.42 bits per heavy atom. The van der Waals surface area contributed by atoms with Gasteiger partial charge in [-0.3, -0.25) is 4.79 Å². The van der Waals surface area contributed by atoms with Crippen LogP contribution in [0.5, 0.6) is 0 Å². The van der Waals surface area contributed by atoms with Crippen molar-refractivity contribution in [3.8, 4) is 0 Å². The number of aliphatic carboxylic acids is 1. The molecule has 4 heteroatoms. The van der Waals surface area contributed by atoms with Crippen LogP contribution in [0.3, 0.4) is 0 Å². The lowest BCUT2D eigenvalue weighted by atomic mass is 9.68. The molecule has 3 nitrogen and oxygen atoms in total. The molecule has 0 aromatic carbocycles. The Morgan fingerprint density at radius 2 is 2.11 bits per heavy atom. The van der Waals surface area contributed by atoms with Crippen LogP contribution in [0.1, 0.15) is 60.7 Å². The van der Waals surface area contributed by atoms with Crippen LogP contribution >= 0.6 is 11.3 Å². The summed E-state index contributed by atoms with van der Waals surface area (Å²) in [5, 5.41) is 9.18. The SMILES string of the molecule is Cc1ccc(C(N)CC2(CC(=O)O)CCCCC2)s1. The van der Waals surface area contributed by atoms with E-state index in [2.05, 4.69) is 19.1 Å². The highest BCUT2D eigenvalue weighted by molar-refractivity contribution is 7.12. The average Bonchev–Trinajstić information content (AvgIpc) is 2.76. The largest absolute Gasteiger partial charge is 0.481 e. The van der Waals surface area contributed by atoms with Crippen LogP contribution in [0.15, 0.2) is 12.1 Å². The van der Waals surface area contributed by atoms with Gasteiger partial charge in [0.15, 0.2) is 0 Å². The van der Waals surface area contributed by atoms with E-state index in [1.807, 2.05) is 0 Å². The van der Waals surface area contributed by atoms with Crippen molar-refractivity contribution in [1.29, 1.82) is 0 Å². The van der Waals surface area contributed by atoms with Crippen molar-refractivity contribution in [2.24, 2.45) is 11.1 Å². The first-order valence-electron chi connectivity index (χ1n) is 7.04. The first-order chi connectivity index (χ1) is 9.01. The Labute approximate surface area is 118 Å². The number of hydrogen-bond donors (Lipinski definition) is 2. The Morgan fingerprint density at radius 3 is 2.63 bits per heavy atom. The van der Waals surface area contributed by atoms with Crippen LogP contribution < -0.4 is 5.73 Å². The standard InChI is InChI=1S/C15H23NO2S/c1-11-5-6-13(19-11)12(16)9-15(10-14(17)18)7-3-2-4-8-15/h5-6,12H,2-4,7-10,16H2,1H3,(H,17,18). The molecule has 1 aromatic heterocycles. The predicted octanol–water partition coefficient (Wildman–Crippen LogP) is 3.87. The number of nitrogens with two attached hydrogens (primary N) is 1. The molecule has 1 aliphatic rings. The molecular formula is C15H23NO2S. The van der Waals surface area contributed by atoms with Crippen molar-refractivity contribution >= 4 is 17.3 Å². The minimum Gasteiger partial charge on any atom is -0.481 e. The summed E-state index contributed by atoms with van der Waals surface area (Å²) >= 11 is 1.73. The normalized spacial score (nSPS) is 20.1. The molecule has 1 aliphatic carbocycles. The third-order valence-corrected chi connectivity index (χ3v) is 5.35. The summed E-state index contributed by atoms with van der Waals surface area (Å²) in [6.45, 7) is 2.08. The highest BCUT2D eigenvalue weighted by Gasteiger charge is 2.36. The van der Waals surface area contributed by atoms with Gasteiger partial charge in [-0.2, -0.15) is 0 Å². The molecule has 1 atom stereocenters. The molecule has 0 saturated heterocycles. The second-order valence-corrected chi connectivity index (χ2v) is 7.21. The first-order valence-corrected chi connectivity index (χ1v) is 7.86. The van der Waals surface area contributed by atoms with Gasteiger partial charge in [0.2, 0.25) is 0 Å². The van der Waals surface area contributed by atoms with Crippen LogP contribution in [0.4, 0.5) is 0 Å². The number of rotatable bonds is 5. The lowest BCUT2D eigenvalue weighted by molar-refractivity contribution is -0.140.